The molecule has 0 amide bonds. The highest BCUT2D eigenvalue weighted by Crippen LogP contribution is 2.34. The van der Waals surface area contributed by atoms with Crippen LogP contribution in [0.25, 0.3) is 15.2 Å². The van der Waals surface area contributed by atoms with Crippen LogP contribution in [-0.4, -0.2) is 26.9 Å². The number of fused-ring (bicyclic) bond motifs is 3. The summed E-state index contributed by atoms with van der Waals surface area (Å²) in [6.45, 7) is 2.08. The van der Waals surface area contributed by atoms with Crippen molar-refractivity contribution in [3.63, 3.8) is 0 Å². The first-order chi connectivity index (χ1) is 13.1. The number of non-ortho nitro benzene ring substituents is 1. The molecule has 0 aliphatic heterocycles. The normalized spacial score (nSPS) is 11.1. The van der Waals surface area contributed by atoms with E-state index in [1.54, 1.807) is 23.5 Å². The third-order valence-corrected chi connectivity index (χ3v) is 5.89. The zero-order valence-corrected chi connectivity index (χ0v) is 15.8. The summed E-state index contributed by atoms with van der Waals surface area (Å²) in [5, 5.41) is 10.8. The van der Waals surface area contributed by atoms with E-state index in [2.05, 4.69) is 4.98 Å². The fraction of sp³-hybridized carbons (Fsp3) is 0.111. The first kappa shape index (κ1) is 17.5. The number of thiazole rings is 1. The average molecular weight is 399 g/mol. The van der Waals surface area contributed by atoms with Gasteiger partial charge in [-0.05, 0) is 37.3 Å². The third-order valence-electron chi connectivity index (χ3n) is 3.87. The molecule has 2 aromatic carbocycles. The maximum Gasteiger partial charge on any atom is 0.357 e. The molecule has 0 radical (unpaired) electrons. The highest BCUT2D eigenvalue weighted by atomic mass is 32.2. The van der Waals surface area contributed by atoms with Crippen LogP contribution in [0.3, 0.4) is 0 Å². The predicted octanol–water partition coefficient (Wildman–Crippen LogP) is 4.79. The van der Waals surface area contributed by atoms with E-state index in [1.807, 2.05) is 18.2 Å². The van der Waals surface area contributed by atoms with Crippen molar-refractivity contribution in [1.82, 2.24) is 9.38 Å². The van der Waals surface area contributed by atoms with E-state index >= 15 is 0 Å². The Labute approximate surface area is 161 Å². The highest BCUT2D eigenvalue weighted by Gasteiger charge is 2.17. The first-order valence-corrected chi connectivity index (χ1v) is 9.69. The Morgan fingerprint density at radius 1 is 1.26 bits per heavy atom. The number of rotatable bonds is 5. The van der Waals surface area contributed by atoms with Crippen molar-refractivity contribution in [2.24, 2.45) is 0 Å². The number of nitro groups is 1. The van der Waals surface area contributed by atoms with E-state index in [-0.39, 0.29) is 5.69 Å². The second-order valence-electron chi connectivity index (χ2n) is 5.57. The van der Waals surface area contributed by atoms with Gasteiger partial charge in [0.15, 0.2) is 10.7 Å². The van der Waals surface area contributed by atoms with E-state index in [1.165, 1.54) is 41.4 Å². The molecule has 0 unspecified atom stereocenters. The Morgan fingerprint density at radius 2 is 2.00 bits per heavy atom. The molecule has 7 nitrogen and oxygen atoms in total. The molecule has 0 saturated carbocycles. The van der Waals surface area contributed by atoms with Crippen molar-refractivity contribution in [1.29, 1.82) is 0 Å². The largest absolute Gasteiger partial charge is 0.461 e. The maximum absolute atomic E-state index is 12.1. The smallest absolute Gasteiger partial charge is 0.357 e. The van der Waals surface area contributed by atoms with Gasteiger partial charge >= 0.3 is 5.97 Å². The number of esters is 1. The average Bonchev–Trinajstić information content (AvgIpc) is 3.21. The van der Waals surface area contributed by atoms with Gasteiger partial charge in [0.1, 0.15) is 0 Å². The highest BCUT2D eigenvalue weighted by molar-refractivity contribution is 7.99. The molecule has 9 heteroatoms. The van der Waals surface area contributed by atoms with Crippen molar-refractivity contribution in [3.05, 3.63) is 64.5 Å². The summed E-state index contributed by atoms with van der Waals surface area (Å²) >= 11 is 3.01. The van der Waals surface area contributed by atoms with Gasteiger partial charge in [0.2, 0.25) is 0 Å². The van der Waals surface area contributed by atoms with Crippen molar-refractivity contribution in [2.75, 3.05) is 6.61 Å². The van der Waals surface area contributed by atoms with Crippen molar-refractivity contribution < 1.29 is 14.5 Å². The molecule has 2 aromatic heterocycles. The van der Waals surface area contributed by atoms with Crippen LogP contribution in [0.2, 0.25) is 0 Å². The van der Waals surface area contributed by atoms with E-state index in [0.29, 0.717) is 12.3 Å². The molecule has 0 aliphatic rings. The van der Waals surface area contributed by atoms with E-state index in [4.69, 9.17) is 4.74 Å². The quantitative estimate of drug-likeness (QED) is 0.273. The van der Waals surface area contributed by atoms with Gasteiger partial charge < -0.3 is 4.74 Å². The van der Waals surface area contributed by atoms with Crippen LogP contribution in [0.15, 0.2) is 58.5 Å². The number of nitro benzene ring substituents is 1. The molecule has 0 spiro atoms. The number of nitrogens with zero attached hydrogens (tertiary/aromatic N) is 3. The summed E-state index contributed by atoms with van der Waals surface area (Å²) in [7, 11) is 0. The Balaban J connectivity index is 1.67. The molecule has 4 aromatic rings. The van der Waals surface area contributed by atoms with Gasteiger partial charge in [0.05, 0.1) is 27.9 Å². The first-order valence-electron chi connectivity index (χ1n) is 8.06. The number of aromatic nitrogens is 2. The van der Waals surface area contributed by atoms with Gasteiger partial charge in [0, 0.05) is 21.9 Å². The fourth-order valence-electron chi connectivity index (χ4n) is 2.68. The molecule has 2 heterocycles. The second-order valence-corrected chi connectivity index (χ2v) is 7.72. The van der Waals surface area contributed by atoms with Gasteiger partial charge in [-0.2, -0.15) is 0 Å². The van der Waals surface area contributed by atoms with Crippen LogP contribution in [0.5, 0.6) is 0 Å². The zero-order chi connectivity index (χ0) is 19.0. The summed E-state index contributed by atoms with van der Waals surface area (Å²) in [5.41, 5.74) is 1.37. The number of ether oxygens (including phenoxy) is 1. The van der Waals surface area contributed by atoms with E-state index < -0.39 is 10.9 Å². The molecule has 0 fully saturated rings. The minimum absolute atomic E-state index is 0.0702. The van der Waals surface area contributed by atoms with Crippen LogP contribution in [0, 0.1) is 10.1 Å². The fourth-order valence-corrected chi connectivity index (χ4v) is 4.66. The number of carbonyl (C=O) groups excluding carboxylic acids is 1. The molecule has 0 aliphatic carbocycles. The molecule has 136 valence electrons. The lowest BCUT2D eigenvalue weighted by atomic mass is 10.3. The predicted molar refractivity (Wildman–Crippen MR) is 104 cm³/mol. The van der Waals surface area contributed by atoms with Crippen LogP contribution >= 0.6 is 23.1 Å². The summed E-state index contributed by atoms with van der Waals surface area (Å²) < 4.78 is 7.89. The monoisotopic (exact) mass is 399 g/mol. The number of benzene rings is 2. The van der Waals surface area contributed by atoms with Gasteiger partial charge in [0.25, 0.3) is 5.69 Å². The molecule has 4 rings (SSSR count). The molecule has 0 bridgehead atoms. The SMILES string of the molecule is CCOC(=O)c1cnc2sc3cc(Sc4ccc([N+](=O)[O-])cc4)ccc3n12. The number of hydrogen-bond donors (Lipinski definition) is 0. The minimum atomic E-state index is -0.414. The summed E-state index contributed by atoms with van der Waals surface area (Å²) in [5.74, 6) is -0.394. The summed E-state index contributed by atoms with van der Waals surface area (Å²) in [4.78, 5) is 29.4. The van der Waals surface area contributed by atoms with Gasteiger partial charge in [-0.3, -0.25) is 14.5 Å². The molecule has 0 N–H and O–H groups in total. The Kier molecular flexibility index (Phi) is 4.54. The van der Waals surface area contributed by atoms with E-state index in [0.717, 1.165) is 25.0 Å². The zero-order valence-electron chi connectivity index (χ0n) is 14.1. The maximum atomic E-state index is 12.1. The third kappa shape index (κ3) is 3.26. The molecule has 27 heavy (non-hydrogen) atoms. The van der Waals surface area contributed by atoms with Crippen LogP contribution in [-0.2, 0) is 4.74 Å². The van der Waals surface area contributed by atoms with Crippen molar-refractivity contribution in [2.45, 2.75) is 16.7 Å². The standard InChI is InChI=1S/C18H13N3O4S2/c1-2-25-17(22)15-10-19-18-20(15)14-8-7-13(9-16(14)27-18)26-12-5-3-11(4-6-12)21(23)24/h3-10H,2H2,1H3. The molecular weight excluding hydrogens is 386 g/mol. The summed E-state index contributed by atoms with van der Waals surface area (Å²) in [6.07, 6.45) is 1.53. The van der Waals surface area contributed by atoms with E-state index in [9.17, 15) is 14.9 Å². The number of imidazole rings is 1. The Hall–Kier alpha value is -2.91. The van der Waals surface area contributed by atoms with Crippen LogP contribution in [0.1, 0.15) is 17.4 Å². The number of hydrogen-bond acceptors (Lipinski definition) is 7. The Bertz CT molecular complexity index is 1160. The lowest BCUT2D eigenvalue weighted by Gasteiger charge is -2.03. The second kappa shape index (κ2) is 7.01. The topological polar surface area (TPSA) is 86.7 Å². The van der Waals surface area contributed by atoms with Gasteiger partial charge in [-0.1, -0.05) is 23.1 Å². The number of carbonyl (C=O) groups is 1. The van der Waals surface area contributed by atoms with Crippen molar-refractivity contribution in [3.8, 4) is 0 Å². The lowest BCUT2D eigenvalue weighted by molar-refractivity contribution is -0.384. The van der Waals surface area contributed by atoms with Crippen molar-refractivity contribution >= 4 is 49.9 Å². The van der Waals surface area contributed by atoms with Gasteiger partial charge in [-0.25, -0.2) is 9.78 Å². The lowest BCUT2D eigenvalue weighted by Crippen LogP contribution is -2.07. The minimum Gasteiger partial charge on any atom is -0.461 e. The van der Waals surface area contributed by atoms with Gasteiger partial charge in [-0.15, -0.1) is 0 Å². The summed E-state index contributed by atoms with van der Waals surface area (Å²) in [6, 6.07) is 12.4. The van der Waals surface area contributed by atoms with Crippen LogP contribution in [0.4, 0.5) is 5.69 Å². The molecular formula is C18H13N3O4S2. The van der Waals surface area contributed by atoms with Crippen LogP contribution < -0.4 is 0 Å². The molecule has 0 saturated heterocycles. The molecule has 0 atom stereocenters. The Morgan fingerprint density at radius 3 is 2.70 bits per heavy atom.